The van der Waals surface area contributed by atoms with Crippen LogP contribution in [-0.2, 0) is 9.47 Å². The van der Waals surface area contributed by atoms with Gasteiger partial charge in [0.05, 0.1) is 11.9 Å². The molecular formula is C12H23N3O7. The first-order chi connectivity index (χ1) is 10.5. The van der Waals surface area contributed by atoms with Crippen molar-refractivity contribution < 1.29 is 29.6 Å². The van der Waals surface area contributed by atoms with Crippen LogP contribution in [0.1, 0.15) is 19.8 Å². The highest BCUT2D eigenvalue weighted by molar-refractivity contribution is 5.73. The number of nitrogens with zero attached hydrogens (tertiary/aromatic N) is 2. The van der Waals surface area contributed by atoms with Crippen LogP contribution in [0.25, 0.3) is 0 Å². The average Bonchev–Trinajstić information content (AvgIpc) is 2.52. The molecular weight excluding hydrogens is 298 g/mol. The summed E-state index contributed by atoms with van der Waals surface area (Å²) >= 11 is 0. The minimum atomic E-state index is -1.43. The number of ether oxygens (including phenoxy) is 2. The second-order valence-corrected chi connectivity index (χ2v) is 5.01. The van der Waals surface area contributed by atoms with E-state index in [1.165, 1.54) is 0 Å². The Kier molecular flexibility index (Phi) is 7.62. The zero-order valence-corrected chi connectivity index (χ0v) is 12.6. The van der Waals surface area contributed by atoms with Gasteiger partial charge in [0.25, 0.3) is 0 Å². The van der Waals surface area contributed by atoms with Gasteiger partial charge in [-0.05, 0) is 6.42 Å². The molecule has 0 unspecified atom stereocenters. The van der Waals surface area contributed by atoms with Crippen molar-refractivity contribution in [2.45, 2.75) is 50.4 Å². The number of carbonyl (C=O) groups is 1. The summed E-state index contributed by atoms with van der Waals surface area (Å²) < 4.78 is 10.8. The number of nitrogens with one attached hydrogen (secondary N) is 1. The van der Waals surface area contributed by atoms with Gasteiger partial charge in [-0.3, -0.25) is 0 Å². The minimum absolute atomic E-state index is 0.316. The zero-order chi connectivity index (χ0) is 16.7. The van der Waals surface area contributed by atoms with Gasteiger partial charge < -0.3 is 30.1 Å². The Morgan fingerprint density at radius 3 is 2.64 bits per heavy atom. The highest BCUT2D eigenvalue weighted by atomic mass is 16.7. The van der Waals surface area contributed by atoms with Gasteiger partial charge in [-0.2, -0.15) is 5.01 Å². The van der Waals surface area contributed by atoms with Crippen LogP contribution in [0.15, 0.2) is 5.29 Å². The maximum atomic E-state index is 11.7. The van der Waals surface area contributed by atoms with Gasteiger partial charge in [0.2, 0.25) is 0 Å². The molecule has 0 radical (unpaired) electrons. The van der Waals surface area contributed by atoms with Crippen molar-refractivity contribution in [1.29, 1.82) is 0 Å². The van der Waals surface area contributed by atoms with E-state index in [0.717, 1.165) is 19.9 Å². The standard InChI is InChI=1S/C12H23N3O7/c1-3-4-5-21-11-8(13-12(19)15(2)14-20)10(18)9(17)7(6-16)22-11/h7-11,16-18H,3-6H2,1-2H3,(H,13,19)/t7-,8-,9-,10-,11+/m1/s1. The summed E-state index contributed by atoms with van der Waals surface area (Å²) in [6.45, 7) is 1.77. The molecule has 0 aliphatic carbocycles. The predicted octanol–water partition coefficient (Wildman–Crippen LogP) is -1.07. The van der Waals surface area contributed by atoms with Gasteiger partial charge in [-0.1, -0.05) is 13.3 Å². The number of hydrogen-bond acceptors (Lipinski definition) is 8. The summed E-state index contributed by atoms with van der Waals surface area (Å²) in [5.41, 5.74) is 0. The fraction of sp³-hybridized carbons (Fsp3) is 0.917. The number of carbonyl (C=O) groups excluding carboxylic acids is 1. The molecule has 10 nitrogen and oxygen atoms in total. The number of aliphatic hydroxyl groups is 3. The molecule has 0 aromatic heterocycles. The molecule has 2 amide bonds. The molecule has 0 aromatic rings. The number of hydrogen-bond donors (Lipinski definition) is 4. The quantitative estimate of drug-likeness (QED) is 0.266. The van der Waals surface area contributed by atoms with Gasteiger partial charge in [-0.15, -0.1) is 4.91 Å². The zero-order valence-electron chi connectivity index (χ0n) is 12.6. The Hall–Kier alpha value is -1.33. The molecule has 1 saturated heterocycles. The number of unbranched alkanes of at least 4 members (excludes halogenated alkanes) is 1. The van der Waals surface area contributed by atoms with Crippen molar-refractivity contribution in [1.82, 2.24) is 10.3 Å². The number of rotatable bonds is 7. The van der Waals surface area contributed by atoms with Crippen molar-refractivity contribution in [3.05, 3.63) is 4.91 Å². The van der Waals surface area contributed by atoms with Crippen LogP contribution in [0, 0.1) is 4.91 Å². The third-order valence-electron chi connectivity index (χ3n) is 3.37. The van der Waals surface area contributed by atoms with E-state index in [1.54, 1.807) is 0 Å². The molecule has 0 saturated carbocycles. The normalized spacial score (nSPS) is 31.6. The van der Waals surface area contributed by atoms with E-state index in [9.17, 15) is 19.9 Å². The first-order valence-corrected chi connectivity index (χ1v) is 7.07. The second-order valence-electron chi connectivity index (χ2n) is 5.01. The van der Waals surface area contributed by atoms with Crippen LogP contribution in [0.3, 0.4) is 0 Å². The summed E-state index contributed by atoms with van der Waals surface area (Å²) in [6, 6.07) is -1.98. The number of aliphatic hydroxyl groups excluding tert-OH is 3. The molecule has 22 heavy (non-hydrogen) atoms. The van der Waals surface area contributed by atoms with Crippen LogP contribution in [0.2, 0.25) is 0 Å². The van der Waals surface area contributed by atoms with Crippen molar-refractivity contribution in [2.24, 2.45) is 5.29 Å². The van der Waals surface area contributed by atoms with Gasteiger partial charge in [-0.25, -0.2) is 4.79 Å². The number of urea groups is 1. The summed E-state index contributed by atoms with van der Waals surface area (Å²) in [5, 5.41) is 34.4. The van der Waals surface area contributed by atoms with Crippen molar-refractivity contribution >= 4 is 6.03 Å². The smallest absolute Gasteiger partial charge is 0.340 e. The lowest BCUT2D eigenvalue weighted by atomic mass is 9.97. The Labute approximate surface area is 127 Å². The van der Waals surface area contributed by atoms with E-state index in [4.69, 9.17) is 14.6 Å². The molecule has 0 bridgehead atoms. The fourth-order valence-corrected chi connectivity index (χ4v) is 2.00. The Morgan fingerprint density at radius 2 is 2.09 bits per heavy atom. The summed E-state index contributed by atoms with van der Waals surface area (Å²) in [7, 11) is 1.14. The van der Waals surface area contributed by atoms with Gasteiger partial charge in [0.1, 0.15) is 24.4 Å². The third kappa shape index (κ3) is 4.58. The monoisotopic (exact) mass is 321 g/mol. The average molecular weight is 321 g/mol. The Morgan fingerprint density at radius 1 is 1.41 bits per heavy atom. The van der Waals surface area contributed by atoms with Crippen LogP contribution in [0.4, 0.5) is 4.79 Å². The molecule has 4 N–H and O–H groups in total. The van der Waals surface area contributed by atoms with Gasteiger partial charge >= 0.3 is 6.03 Å². The van der Waals surface area contributed by atoms with E-state index < -0.39 is 43.3 Å². The van der Waals surface area contributed by atoms with E-state index in [1.807, 2.05) is 6.92 Å². The fourth-order valence-electron chi connectivity index (χ4n) is 2.00. The summed E-state index contributed by atoms with van der Waals surface area (Å²) in [4.78, 5) is 22.0. The Balaban J connectivity index is 2.80. The van der Waals surface area contributed by atoms with E-state index in [0.29, 0.717) is 11.6 Å². The molecule has 5 atom stereocenters. The topological polar surface area (TPSA) is 141 Å². The lowest BCUT2D eigenvalue weighted by molar-refractivity contribution is -0.269. The summed E-state index contributed by atoms with van der Waals surface area (Å²) in [5.74, 6) is 0. The van der Waals surface area contributed by atoms with Crippen molar-refractivity contribution in [3.63, 3.8) is 0 Å². The first kappa shape index (κ1) is 18.7. The highest BCUT2D eigenvalue weighted by Crippen LogP contribution is 2.22. The van der Waals surface area contributed by atoms with Gasteiger partial charge in [0.15, 0.2) is 6.29 Å². The third-order valence-corrected chi connectivity index (χ3v) is 3.37. The molecule has 10 heteroatoms. The maximum absolute atomic E-state index is 11.7. The second kappa shape index (κ2) is 8.96. The van der Waals surface area contributed by atoms with Crippen molar-refractivity contribution in [3.8, 4) is 0 Å². The van der Waals surface area contributed by atoms with E-state index in [-0.39, 0.29) is 0 Å². The molecule has 1 fully saturated rings. The minimum Gasteiger partial charge on any atom is -0.394 e. The largest absolute Gasteiger partial charge is 0.394 e. The highest BCUT2D eigenvalue weighted by Gasteiger charge is 2.45. The van der Waals surface area contributed by atoms with Crippen LogP contribution < -0.4 is 5.32 Å². The molecule has 1 heterocycles. The molecule has 0 aromatic carbocycles. The lowest BCUT2D eigenvalue weighted by Gasteiger charge is -2.42. The predicted molar refractivity (Wildman–Crippen MR) is 74.5 cm³/mol. The summed E-state index contributed by atoms with van der Waals surface area (Å²) in [6.07, 6.45) is -3.32. The van der Waals surface area contributed by atoms with E-state index >= 15 is 0 Å². The molecule has 1 aliphatic heterocycles. The van der Waals surface area contributed by atoms with Crippen LogP contribution in [0.5, 0.6) is 0 Å². The molecule has 0 spiro atoms. The number of nitroso groups, excluding NO2 is 1. The SMILES string of the molecule is CCCCO[C@H]1O[C@H](CO)[C@@H](O)[C@H](O)[C@H]1NC(=O)N(C)N=O. The molecule has 128 valence electrons. The lowest BCUT2D eigenvalue weighted by Crippen LogP contribution is -2.65. The number of amides is 2. The van der Waals surface area contributed by atoms with E-state index in [2.05, 4.69) is 10.6 Å². The maximum Gasteiger partial charge on any atom is 0.340 e. The van der Waals surface area contributed by atoms with Crippen LogP contribution >= 0.6 is 0 Å². The first-order valence-electron chi connectivity index (χ1n) is 7.07. The van der Waals surface area contributed by atoms with Crippen molar-refractivity contribution in [2.75, 3.05) is 20.3 Å². The molecule has 1 aliphatic rings. The van der Waals surface area contributed by atoms with Gasteiger partial charge in [0, 0.05) is 13.7 Å². The van der Waals surface area contributed by atoms with Crippen LogP contribution in [-0.4, -0.2) is 77.3 Å². The molecule has 1 rings (SSSR count). The Bertz CT molecular complexity index is 371.